The van der Waals surface area contributed by atoms with Crippen molar-refractivity contribution in [2.24, 2.45) is 0 Å². The van der Waals surface area contributed by atoms with Crippen molar-refractivity contribution in [3.8, 4) is 0 Å². The average molecular weight is 306 g/mol. The van der Waals surface area contributed by atoms with E-state index >= 15 is 0 Å². The van der Waals surface area contributed by atoms with Crippen LogP contribution in [-0.4, -0.2) is 15.7 Å². The summed E-state index contributed by atoms with van der Waals surface area (Å²) in [5.41, 5.74) is 4.70. The minimum Gasteiger partial charge on any atom is -0.337 e. The molecule has 1 aliphatic rings. The van der Waals surface area contributed by atoms with E-state index in [4.69, 9.17) is 0 Å². The fourth-order valence-electron chi connectivity index (χ4n) is 2.97. The van der Waals surface area contributed by atoms with Crippen LogP contribution in [0.5, 0.6) is 0 Å². The molecule has 94 valence electrons. The summed E-state index contributed by atoms with van der Waals surface area (Å²) in [4.78, 5) is 12.2. The molecule has 0 amide bonds. The number of nitrogens with zero attached hydrogens (tertiary/aromatic N) is 1. The first-order valence-electron chi connectivity index (χ1n) is 6.43. The molecule has 0 radical (unpaired) electrons. The summed E-state index contributed by atoms with van der Waals surface area (Å²) < 4.78 is 2.19. The first kappa shape index (κ1) is 12.0. The van der Waals surface area contributed by atoms with Crippen molar-refractivity contribution in [1.29, 1.82) is 0 Å². The van der Waals surface area contributed by atoms with Crippen LogP contribution in [0.2, 0.25) is 0 Å². The zero-order chi connectivity index (χ0) is 12.7. The molecular weight excluding hydrogens is 290 g/mol. The zero-order valence-corrected chi connectivity index (χ0v) is 12.1. The molecule has 0 N–H and O–H groups in total. The van der Waals surface area contributed by atoms with Crippen molar-refractivity contribution in [3.05, 3.63) is 35.0 Å². The van der Waals surface area contributed by atoms with Gasteiger partial charge in [0.25, 0.3) is 0 Å². The number of halogens is 1. The van der Waals surface area contributed by atoms with Gasteiger partial charge in [0.1, 0.15) is 0 Å². The summed E-state index contributed by atoms with van der Waals surface area (Å²) in [6.07, 6.45) is 2.73. The van der Waals surface area contributed by atoms with E-state index in [2.05, 4.69) is 45.6 Å². The zero-order valence-electron chi connectivity index (χ0n) is 10.5. The Balaban J connectivity index is 2.35. The molecule has 2 aromatic rings. The number of rotatable bonds is 2. The van der Waals surface area contributed by atoms with Crippen LogP contribution in [0.15, 0.2) is 18.2 Å². The summed E-state index contributed by atoms with van der Waals surface area (Å²) in [6.45, 7) is 2.97. The summed E-state index contributed by atoms with van der Waals surface area (Å²) in [5, 5.41) is 2.16. The standard InChI is InChI=1S/C15H16BrNO/c1-10-5-6-13-12(9-10)11-3-2-4-14(18)15(11)17(13)8-7-16/h5-6,9H,2-4,7-8H2,1H3. The van der Waals surface area contributed by atoms with E-state index in [-0.39, 0.29) is 0 Å². The van der Waals surface area contributed by atoms with E-state index in [9.17, 15) is 4.79 Å². The molecule has 1 aromatic heterocycles. The molecule has 0 fully saturated rings. The highest BCUT2D eigenvalue weighted by Gasteiger charge is 2.25. The molecule has 1 heterocycles. The number of alkyl halides is 1. The van der Waals surface area contributed by atoms with Crippen LogP contribution in [0, 0.1) is 6.92 Å². The van der Waals surface area contributed by atoms with Crippen molar-refractivity contribution in [2.75, 3.05) is 5.33 Å². The second-order valence-electron chi connectivity index (χ2n) is 4.97. The van der Waals surface area contributed by atoms with Gasteiger partial charge in [-0.15, -0.1) is 0 Å². The van der Waals surface area contributed by atoms with Crippen LogP contribution in [0.4, 0.5) is 0 Å². The molecule has 2 nitrogen and oxygen atoms in total. The highest BCUT2D eigenvalue weighted by molar-refractivity contribution is 9.09. The van der Waals surface area contributed by atoms with Gasteiger partial charge >= 0.3 is 0 Å². The molecule has 1 aromatic carbocycles. The van der Waals surface area contributed by atoms with Gasteiger partial charge in [0.05, 0.1) is 5.69 Å². The van der Waals surface area contributed by atoms with Crippen LogP contribution in [0.25, 0.3) is 10.9 Å². The van der Waals surface area contributed by atoms with Crippen LogP contribution < -0.4 is 0 Å². The molecule has 0 bridgehead atoms. The van der Waals surface area contributed by atoms with E-state index in [1.807, 2.05) is 0 Å². The second-order valence-corrected chi connectivity index (χ2v) is 5.76. The minimum absolute atomic E-state index is 0.311. The first-order valence-corrected chi connectivity index (χ1v) is 7.55. The van der Waals surface area contributed by atoms with Crippen molar-refractivity contribution < 1.29 is 4.79 Å². The molecular formula is C15H16BrNO. The van der Waals surface area contributed by atoms with Crippen molar-refractivity contribution >= 4 is 32.6 Å². The molecule has 0 saturated heterocycles. The largest absolute Gasteiger partial charge is 0.337 e. The third kappa shape index (κ3) is 1.72. The normalized spacial score (nSPS) is 15.1. The molecule has 0 aliphatic heterocycles. The van der Waals surface area contributed by atoms with Gasteiger partial charge in [0.15, 0.2) is 5.78 Å². The lowest BCUT2D eigenvalue weighted by Gasteiger charge is -2.14. The van der Waals surface area contributed by atoms with Crippen molar-refractivity contribution in [1.82, 2.24) is 4.57 Å². The maximum Gasteiger partial charge on any atom is 0.179 e. The second kappa shape index (κ2) is 4.54. The summed E-state index contributed by atoms with van der Waals surface area (Å²) in [7, 11) is 0. The SMILES string of the molecule is Cc1ccc2c(c1)c1c(n2CCBr)C(=O)CCC1. The maximum atomic E-state index is 12.2. The molecule has 18 heavy (non-hydrogen) atoms. The molecule has 0 atom stereocenters. The quantitative estimate of drug-likeness (QED) is 0.772. The Morgan fingerprint density at radius 2 is 2.17 bits per heavy atom. The smallest absolute Gasteiger partial charge is 0.179 e. The summed E-state index contributed by atoms with van der Waals surface area (Å²) in [5.74, 6) is 0.311. The topological polar surface area (TPSA) is 22.0 Å². The number of hydrogen-bond donors (Lipinski definition) is 0. The number of Topliss-reactive ketones (excluding diaryl/α,β-unsaturated/α-hetero) is 1. The van der Waals surface area contributed by atoms with Crippen molar-refractivity contribution in [3.63, 3.8) is 0 Å². The van der Waals surface area contributed by atoms with E-state index in [0.717, 1.165) is 30.4 Å². The number of fused-ring (bicyclic) bond motifs is 3. The van der Waals surface area contributed by atoms with Gasteiger partial charge < -0.3 is 4.57 Å². The van der Waals surface area contributed by atoms with E-state index < -0.39 is 0 Å². The van der Waals surface area contributed by atoms with Crippen LogP contribution in [0.1, 0.15) is 34.5 Å². The number of ketones is 1. The fraction of sp³-hybridized carbons (Fsp3) is 0.400. The third-order valence-corrected chi connectivity index (χ3v) is 4.08. The highest BCUT2D eigenvalue weighted by Crippen LogP contribution is 2.32. The molecule has 0 spiro atoms. The average Bonchev–Trinajstić information content (AvgIpc) is 2.66. The Morgan fingerprint density at radius 1 is 1.33 bits per heavy atom. The predicted molar refractivity (Wildman–Crippen MR) is 77.7 cm³/mol. The Morgan fingerprint density at radius 3 is 2.94 bits per heavy atom. The van der Waals surface area contributed by atoms with Gasteiger partial charge in [0.2, 0.25) is 0 Å². The Hall–Kier alpha value is -1.09. The minimum atomic E-state index is 0.311. The number of hydrogen-bond acceptors (Lipinski definition) is 1. The van der Waals surface area contributed by atoms with E-state index in [1.54, 1.807) is 0 Å². The number of carbonyl (C=O) groups excluding carboxylic acids is 1. The van der Waals surface area contributed by atoms with E-state index in [0.29, 0.717) is 12.2 Å². The van der Waals surface area contributed by atoms with Crippen molar-refractivity contribution in [2.45, 2.75) is 32.7 Å². The fourth-order valence-corrected chi connectivity index (χ4v) is 3.33. The maximum absolute atomic E-state index is 12.2. The number of aromatic nitrogens is 1. The van der Waals surface area contributed by atoms with E-state index in [1.165, 1.54) is 22.0 Å². The van der Waals surface area contributed by atoms with Gasteiger partial charge in [-0.05, 0) is 37.5 Å². The molecule has 0 unspecified atom stereocenters. The van der Waals surface area contributed by atoms with Crippen LogP contribution >= 0.6 is 15.9 Å². The van der Waals surface area contributed by atoms with Gasteiger partial charge in [-0.1, -0.05) is 27.6 Å². The predicted octanol–water partition coefficient (Wildman–Crippen LogP) is 3.86. The number of carbonyl (C=O) groups is 1. The molecule has 3 rings (SSSR count). The summed E-state index contributed by atoms with van der Waals surface area (Å²) >= 11 is 3.49. The third-order valence-electron chi connectivity index (χ3n) is 3.73. The van der Waals surface area contributed by atoms with Gasteiger partial charge in [-0.3, -0.25) is 4.79 Å². The van der Waals surface area contributed by atoms with Gasteiger partial charge in [-0.25, -0.2) is 0 Å². The molecule has 3 heteroatoms. The number of benzene rings is 1. The molecule has 1 aliphatic carbocycles. The van der Waals surface area contributed by atoms with Crippen LogP contribution in [0.3, 0.4) is 0 Å². The number of aryl methyl sites for hydroxylation is 3. The Bertz CT molecular complexity index is 627. The lowest BCUT2D eigenvalue weighted by Crippen LogP contribution is -2.15. The Kier molecular flexibility index (Phi) is 3.02. The van der Waals surface area contributed by atoms with Crippen LogP contribution in [-0.2, 0) is 13.0 Å². The van der Waals surface area contributed by atoms with Gasteiger partial charge in [-0.2, -0.15) is 0 Å². The molecule has 0 saturated carbocycles. The Labute approximate surface area is 115 Å². The monoisotopic (exact) mass is 305 g/mol. The lowest BCUT2D eigenvalue weighted by molar-refractivity contribution is 0.0964. The first-order chi connectivity index (χ1) is 8.72. The summed E-state index contributed by atoms with van der Waals surface area (Å²) in [6, 6.07) is 6.50. The highest BCUT2D eigenvalue weighted by atomic mass is 79.9. The van der Waals surface area contributed by atoms with Gasteiger partial charge in [0, 0.05) is 29.2 Å². The lowest BCUT2D eigenvalue weighted by atomic mass is 9.94.